The van der Waals surface area contributed by atoms with Crippen molar-refractivity contribution in [1.29, 1.82) is 0 Å². The minimum atomic E-state index is 0.0965. The fourth-order valence-electron chi connectivity index (χ4n) is 3.57. The van der Waals surface area contributed by atoms with E-state index >= 15 is 0 Å². The Balaban J connectivity index is 2.14. The van der Waals surface area contributed by atoms with Crippen molar-refractivity contribution >= 4 is 11.6 Å². The monoisotopic (exact) mass is 274 g/mol. The van der Waals surface area contributed by atoms with Gasteiger partial charge in [-0.1, -0.05) is 12.1 Å². The number of carbonyl (C=O) groups excluding carboxylic acids is 1. The molecule has 0 radical (unpaired) electrons. The van der Waals surface area contributed by atoms with E-state index in [1.165, 1.54) is 5.56 Å². The van der Waals surface area contributed by atoms with Crippen LogP contribution in [0.3, 0.4) is 0 Å². The second-order valence-corrected chi connectivity index (χ2v) is 5.71. The first-order valence-electron chi connectivity index (χ1n) is 7.43. The van der Waals surface area contributed by atoms with E-state index in [0.29, 0.717) is 6.61 Å². The van der Waals surface area contributed by atoms with Gasteiger partial charge >= 0.3 is 0 Å². The average Bonchev–Trinajstić information content (AvgIpc) is 2.89. The van der Waals surface area contributed by atoms with Gasteiger partial charge < -0.3 is 15.0 Å². The second kappa shape index (κ2) is 5.09. The maximum atomic E-state index is 12.0. The lowest BCUT2D eigenvalue weighted by molar-refractivity contribution is -0.116. The van der Waals surface area contributed by atoms with E-state index in [1.54, 1.807) is 6.92 Å². The molecule has 1 N–H and O–H groups in total. The van der Waals surface area contributed by atoms with Crippen LogP contribution in [0.5, 0.6) is 5.75 Å². The van der Waals surface area contributed by atoms with Crippen molar-refractivity contribution in [2.75, 3.05) is 31.1 Å². The van der Waals surface area contributed by atoms with E-state index in [9.17, 15) is 4.79 Å². The molecule has 4 nitrogen and oxygen atoms in total. The zero-order valence-corrected chi connectivity index (χ0v) is 12.2. The minimum Gasteiger partial charge on any atom is -0.492 e. The molecule has 1 aromatic rings. The van der Waals surface area contributed by atoms with Crippen LogP contribution < -0.4 is 15.0 Å². The fraction of sp³-hybridized carbons (Fsp3) is 0.562. The molecule has 0 aliphatic carbocycles. The summed E-state index contributed by atoms with van der Waals surface area (Å²) in [6, 6.07) is 6.19. The smallest absolute Gasteiger partial charge is 0.223 e. The van der Waals surface area contributed by atoms with Crippen molar-refractivity contribution < 1.29 is 9.53 Å². The number of fused-ring (bicyclic) bond motifs is 2. The lowest BCUT2D eigenvalue weighted by Crippen LogP contribution is -2.43. The van der Waals surface area contributed by atoms with Crippen molar-refractivity contribution in [2.24, 2.45) is 0 Å². The number of benzene rings is 1. The molecular weight excluding hydrogens is 252 g/mol. The van der Waals surface area contributed by atoms with Gasteiger partial charge in [-0.05, 0) is 37.9 Å². The standard InChI is InChI=1S/C16H22N2O2/c1-3-20-14-6-4-5-13-15(14)18(12(2)19)10-8-16(13)7-9-17-11-16/h4-6,17H,3,7-11H2,1-2H3. The number of hydrogen-bond acceptors (Lipinski definition) is 3. The molecule has 0 saturated carbocycles. The molecule has 1 unspecified atom stereocenters. The third-order valence-electron chi connectivity index (χ3n) is 4.58. The van der Waals surface area contributed by atoms with Crippen LogP contribution in [0.1, 0.15) is 32.3 Å². The summed E-state index contributed by atoms with van der Waals surface area (Å²) >= 11 is 0. The summed E-state index contributed by atoms with van der Waals surface area (Å²) in [6.07, 6.45) is 2.17. The van der Waals surface area contributed by atoms with Crippen LogP contribution in [-0.4, -0.2) is 32.1 Å². The van der Waals surface area contributed by atoms with Gasteiger partial charge in [-0.25, -0.2) is 0 Å². The molecule has 1 spiro atoms. The average molecular weight is 274 g/mol. The molecule has 1 atom stereocenters. The lowest BCUT2D eigenvalue weighted by Gasteiger charge is -2.41. The SMILES string of the molecule is CCOc1cccc2c1N(C(C)=O)CCC21CCNC1. The summed E-state index contributed by atoms with van der Waals surface area (Å²) in [5.74, 6) is 0.936. The van der Waals surface area contributed by atoms with E-state index in [0.717, 1.165) is 43.9 Å². The first kappa shape index (κ1) is 13.4. The molecule has 20 heavy (non-hydrogen) atoms. The van der Waals surface area contributed by atoms with E-state index in [2.05, 4.69) is 11.4 Å². The molecule has 1 saturated heterocycles. The number of hydrogen-bond donors (Lipinski definition) is 1. The molecule has 2 aliphatic rings. The number of amides is 1. The quantitative estimate of drug-likeness (QED) is 0.897. The summed E-state index contributed by atoms with van der Waals surface area (Å²) in [5, 5.41) is 3.47. The van der Waals surface area contributed by atoms with Crippen LogP contribution in [0.25, 0.3) is 0 Å². The summed E-state index contributed by atoms with van der Waals surface area (Å²) in [6.45, 7) is 7.08. The number of anilines is 1. The van der Waals surface area contributed by atoms with Crippen molar-refractivity contribution in [3.63, 3.8) is 0 Å². The third kappa shape index (κ3) is 1.99. The lowest BCUT2D eigenvalue weighted by atomic mass is 9.73. The predicted molar refractivity (Wildman–Crippen MR) is 79.4 cm³/mol. The zero-order chi connectivity index (χ0) is 14.2. The highest BCUT2D eigenvalue weighted by molar-refractivity contribution is 5.95. The van der Waals surface area contributed by atoms with Gasteiger partial charge in [0, 0.05) is 25.4 Å². The van der Waals surface area contributed by atoms with Crippen LogP contribution in [0.2, 0.25) is 0 Å². The van der Waals surface area contributed by atoms with Gasteiger partial charge in [-0.2, -0.15) is 0 Å². The molecule has 1 fully saturated rings. The Morgan fingerprint density at radius 3 is 2.95 bits per heavy atom. The maximum Gasteiger partial charge on any atom is 0.223 e. The first-order chi connectivity index (χ1) is 9.68. The van der Waals surface area contributed by atoms with Gasteiger partial charge in [0.05, 0.1) is 12.3 Å². The van der Waals surface area contributed by atoms with Crippen LogP contribution in [-0.2, 0) is 10.2 Å². The summed E-state index contributed by atoms with van der Waals surface area (Å²) in [5.41, 5.74) is 2.45. The number of para-hydroxylation sites is 1. The van der Waals surface area contributed by atoms with Gasteiger partial charge in [-0.15, -0.1) is 0 Å². The molecule has 2 aliphatic heterocycles. The van der Waals surface area contributed by atoms with Crippen molar-refractivity contribution in [3.8, 4) is 5.75 Å². The maximum absolute atomic E-state index is 12.0. The van der Waals surface area contributed by atoms with Gasteiger partial charge in [0.25, 0.3) is 0 Å². The molecule has 1 amide bonds. The second-order valence-electron chi connectivity index (χ2n) is 5.71. The van der Waals surface area contributed by atoms with Crippen molar-refractivity contribution in [1.82, 2.24) is 5.32 Å². The fourth-order valence-corrected chi connectivity index (χ4v) is 3.57. The molecule has 3 rings (SSSR count). The zero-order valence-electron chi connectivity index (χ0n) is 12.2. The third-order valence-corrected chi connectivity index (χ3v) is 4.58. The number of nitrogens with one attached hydrogen (secondary N) is 1. The Morgan fingerprint density at radius 1 is 1.45 bits per heavy atom. The van der Waals surface area contributed by atoms with E-state index in [-0.39, 0.29) is 11.3 Å². The molecule has 0 aromatic heterocycles. The van der Waals surface area contributed by atoms with Gasteiger partial charge in [0.1, 0.15) is 5.75 Å². The van der Waals surface area contributed by atoms with Gasteiger partial charge in [0.2, 0.25) is 5.91 Å². The normalized spacial score (nSPS) is 24.8. The van der Waals surface area contributed by atoms with Gasteiger partial charge in [0.15, 0.2) is 0 Å². The van der Waals surface area contributed by atoms with Crippen LogP contribution in [0.15, 0.2) is 18.2 Å². The van der Waals surface area contributed by atoms with Crippen LogP contribution >= 0.6 is 0 Å². The molecule has 1 aromatic carbocycles. The largest absolute Gasteiger partial charge is 0.492 e. The molecule has 108 valence electrons. The number of nitrogens with zero attached hydrogens (tertiary/aromatic N) is 1. The van der Waals surface area contributed by atoms with Crippen LogP contribution in [0, 0.1) is 0 Å². The van der Waals surface area contributed by atoms with E-state index < -0.39 is 0 Å². The van der Waals surface area contributed by atoms with Crippen LogP contribution in [0.4, 0.5) is 5.69 Å². The van der Waals surface area contributed by atoms with E-state index in [4.69, 9.17) is 4.74 Å². The summed E-state index contributed by atoms with van der Waals surface area (Å²) in [4.78, 5) is 13.9. The Hall–Kier alpha value is -1.55. The predicted octanol–water partition coefficient (Wildman–Crippen LogP) is 2.07. The Kier molecular flexibility index (Phi) is 3.42. The van der Waals surface area contributed by atoms with Gasteiger partial charge in [-0.3, -0.25) is 4.79 Å². The van der Waals surface area contributed by atoms with Crippen molar-refractivity contribution in [3.05, 3.63) is 23.8 Å². The highest BCUT2D eigenvalue weighted by Crippen LogP contribution is 2.47. The van der Waals surface area contributed by atoms with Crippen molar-refractivity contribution in [2.45, 2.75) is 32.1 Å². The molecule has 2 heterocycles. The highest BCUT2D eigenvalue weighted by atomic mass is 16.5. The van der Waals surface area contributed by atoms with E-state index in [1.807, 2.05) is 24.0 Å². The highest BCUT2D eigenvalue weighted by Gasteiger charge is 2.43. The number of ether oxygens (including phenoxy) is 1. The molecule has 4 heteroatoms. The first-order valence-corrected chi connectivity index (χ1v) is 7.43. The minimum absolute atomic E-state index is 0.0965. The number of carbonyl (C=O) groups is 1. The summed E-state index contributed by atoms with van der Waals surface area (Å²) < 4.78 is 5.77. The Bertz CT molecular complexity index is 521. The molecular formula is C16H22N2O2. The topological polar surface area (TPSA) is 41.6 Å². The Labute approximate surface area is 120 Å². The molecule has 0 bridgehead atoms. The summed E-state index contributed by atoms with van der Waals surface area (Å²) in [7, 11) is 0. The Morgan fingerprint density at radius 2 is 2.30 bits per heavy atom. The number of rotatable bonds is 2.